The molecule has 13 heteroatoms. The Kier molecular flexibility index (Phi) is 8.05. The van der Waals surface area contributed by atoms with Crippen LogP contribution >= 0.6 is 11.3 Å². The van der Waals surface area contributed by atoms with Gasteiger partial charge in [-0.3, -0.25) is 9.79 Å². The fourth-order valence-electron chi connectivity index (χ4n) is 5.88. The van der Waals surface area contributed by atoms with Crippen LogP contribution in [-0.4, -0.2) is 65.5 Å². The molecule has 0 radical (unpaired) electrons. The van der Waals surface area contributed by atoms with Gasteiger partial charge in [-0.1, -0.05) is 6.07 Å². The molecule has 1 saturated heterocycles. The molecule has 3 aliphatic rings. The van der Waals surface area contributed by atoms with Crippen molar-refractivity contribution in [3.05, 3.63) is 63.0 Å². The number of aliphatic carboxylic acids is 1. The van der Waals surface area contributed by atoms with Crippen molar-refractivity contribution < 1.29 is 32.2 Å². The van der Waals surface area contributed by atoms with Crippen molar-refractivity contribution >= 4 is 39.1 Å². The van der Waals surface area contributed by atoms with Gasteiger partial charge in [-0.25, -0.2) is 26.9 Å². The number of carboxylic acids is 1. The Labute approximate surface area is 242 Å². The number of aliphatic imine (C=N–C) groups is 1. The van der Waals surface area contributed by atoms with Crippen LogP contribution in [0.25, 0.3) is 0 Å². The van der Waals surface area contributed by atoms with Gasteiger partial charge in [0.05, 0.1) is 22.8 Å². The maximum Gasteiger partial charge on any atom is 0.338 e. The number of carbonyl (C=O) groups excluding carboxylic acids is 1. The van der Waals surface area contributed by atoms with Crippen molar-refractivity contribution in [1.82, 2.24) is 14.6 Å². The SMILES string of the molecule is CCOC(=O)C1=C(C2CCN(S(=O)(=O)[C@H]3C[C@](C)(C(=O)O)C3)CC2)NC(c2nccs2)=NC1c1ccc(F)cc1C. The van der Waals surface area contributed by atoms with Crippen molar-refractivity contribution in [2.75, 3.05) is 19.7 Å². The summed E-state index contributed by atoms with van der Waals surface area (Å²) in [6, 6.07) is 3.59. The van der Waals surface area contributed by atoms with E-state index in [-0.39, 0.29) is 38.5 Å². The van der Waals surface area contributed by atoms with Crippen LogP contribution in [0.2, 0.25) is 0 Å². The fraction of sp³-hybridized carbons (Fsp3) is 0.500. The van der Waals surface area contributed by atoms with E-state index in [1.165, 1.54) is 27.8 Å². The Balaban J connectivity index is 1.46. The van der Waals surface area contributed by atoms with Crippen LogP contribution in [-0.2, 0) is 24.3 Å². The number of aromatic nitrogens is 1. The summed E-state index contributed by atoms with van der Waals surface area (Å²) in [5.41, 5.74) is 1.21. The number of thiazole rings is 1. The van der Waals surface area contributed by atoms with Crippen LogP contribution in [0.1, 0.15) is 61.7 Å². The molecular formula is C28H33FN4O6S2. The molecule has 10 nitrogen and oxygen atoms in total. The summed E-state index contributed by atoms with van der Waals surface area (Å²) in [4.78, 5) is 34.2. The highest BCUT2D eigenvalue weighted by molar-refractivity contribution is 7.89. The molecule has 2 aromatic rings. The zero-order chi connectivity index (χ0) is 29.5. The van der Waals surface area contributed by atoms with Gasteiger partial charge in [-0.15, -0.1) is 11.3 Å². The number of ether oxygens (including phenoxy) is 1. The van der Waals surface area contributed by atoms with Gasteiger partial charge in [0.2, 0.25) is 10.0 Å². The number of aryl methyl sites for hydroxylation is 1. The predicted molar refractivity (Wildman–Crippen MR) is 151 cm³/mol. The molecule has 0 spiro atoms. The second-order valence-electron chi connectivity index (χ2n) is 11.0. The van der Waals surface area contributed by atoms with E-state index in [1.54, 1.807) is 33.0 Å². The molecule has 2 N–H and O–H groups in total. The highest BCUT2D eigenvalue weighted by Gasteiger charge is 2.53. The zero-order valence-corrected chi connectivity index (χ0v) is 24.7. The summed E-state index contributed by atoms with van der Waals surface area (Å²) < 4.78 is 47.5. The number of halogens is 1. The highest BCUT2D eigenvalue weighted by atomic mass is 32.2. The van der Waals surface area contributed by atoms with Crippen LogP contribution in [0.4, 0.5) is 4.39 Å². The van der Waals surface area contributed by atoms with E-state index in [9.17, 15) is 27.5 Å². The van der Waals surface area contributed by atoms with Gasteiger partial charge in [0.1, 0.15) is 11.9 Å². The van der Waals surface area contributed by atoms with Crippen LogP contribution < -0.4 is 5.32 Å². The number of nitrogens with zero attached hydrogens (tertiary/aromatic N) is 3. The number of carbonyl (C=O) groups is 2. The number of hydrogen-bond acceptors (Lipinski definition) is 9. The molecule has 5 rings (SSSR count). The number of allylic oxidation sites excluding steroid dienone is 1. The monoisotopic (exact) mass is 604 g/mol. The smallest absolute Gasteiger partial charge is 0.338 e. The first-order valence-corrected chi connectivity index (χ1v) is 16.0. The number of rotatable bonds is 8. The lowest BCUT2D eigenvalue weighted by molar-refractivity contribution is -0.152. The molecule has 1 aromatic carbocycles. The maximum atomic E-state index is 14.0. The number of amidine groups is 1. The van der Waals surface area contributed by atoms with Crippen molar-refractivity contribution in [3.8, 4) is 0 Å². The summed E-state index contributed by atoms with van der Waals surface area (Å²) >= 11 is 1.39. The first-order valence-electron chi connectivity index (χ1n) is 13.6. The molecule has 1 atom stereocenters. The van der Waals surface area contributed by atoms with Gasteiger partial charge in [-0.05, 0) is 69.7 Å². The molecule has 41 heavy (non-hydrogen) atoms. The van der Waals surface area contributed by atoms with Crippen molar-refractivity contribution in [2.45, 2.75) is 57.7 Å². The number of carboxylic acid groups (broad SMARTS) is 1. The number of hydrogen-bond donors (Lipinski definition) is 2. The molecule has 2 fully saturated rings. The van der Waals surface area contributed by atoms with E-state index < -0.39 is 44.5 Å². The standard InChI is InChI=1S/C28H33FN4O6S2/c1-4-39-26(34)21-22(17-7-10-33(11-8-17)41(37,38)19-14-28(3,15-19)27(35)36)31-24(25-30-9-12-40-25)32-23(21)20-6-5-18(29)13-16(20)2/h5-6,9,12-13,17,19,23H,4,7-8,10-11,14-15H2,1-3H3,(H,31,32)(H,35,36)/t19-,23?,28-. The summed E-state index contributed by atoms with van der Waals surface area (Å²) in [6.45, 7) is 5.68. The lowest BCUT2D eigenvalue weighted by atomic mass is 9.70. The van der Waals surface area contributed by atoms with Crippen molar-refractivity contribution in [2.24, 2.45) is 16.3 Å². The minimum atomic E-state index is -3.66. The number of esters is 1. The Morgan fingerprint density at radius 3 is 2.56 bits per heavy atom. The van der Waals surface area contributed by atoms with Crippen LogP contribution in [0.5, 0.6) is 0 Å². The van der Waals surface area contributed by atoms with Gasteiger partial charge >= 0.3 is 11.9 Å². The Hall–Kier alpha value is -3.16. The topological polar surface area (TPSA) is 138 Å². The third-order valence-corrected chi connectivity index (χ3v) is 11.3. The molecule has 0 bridgehead atoms. The van der Waals surface area contributed by atoms with E-state index >= 15 is 0 Å². The average molecular weight is 605 g/mol. The lowest BCUT2D eigenvalue weighted by Crippen LogP contribution is -2.54. The first kappa shape index (κ1) is 29.3. The van der Waals surface area contributed by atoms with Gasteiger partial charge in [0, 0.05) is 36.3 Å². The first-order chi connectivity index (χ1) is 19.4. The van der Waals surface area contributed by atoms with Gasteiger partial charge in [0.25, 0.3) is 0 Å². The number of benzene rings is 1. The molecule has 1 aromatic heterocycles. The largest absolute Gasteiger partial charge is 0.481 e. The van der Waals surface area contributed by atoms with Gasteiger partial charge < -0.3 is 15.2 Å². The Morgan fingerprint density at radius 2 is 1.98 bits per heavy atom. The van der Waals surface area contributed by atoms with Gasteiger partial charge in [0.15, 0.2) is 10.8 Å². The highest BCUT2D eigenvalue weighted by Crippen LogP contribution is 2.46. The van der Waals surface area contributed by atoms with E-state index in [2.05, 4.69) is 10.3 Å². The summed E-state index contributed by atoms with van der Waals surface area (Å²) in [7, 11) is -3.66. The number of piperidine rings is 1. The van der Waals surface area contributed by atoms with E-state index in [1.807, 2.05) is 5.38 Å². The van der Waals surface area contributed by atoms with Crippen molar-refractivity contribution in [1.29, 1.82) is 0 Å². The predicted octanol–water partition coefficient (Wildman–Crippen LogP) is 3.79. The van der Waals surface area contributed by atoms with Gasteiger partial charge in [-0.2, -0.15) is 0 Å². The number of nitrogens with one attached hydrogen (secondary N) is 1. The molecular weight excluding hydrogens is 571 g/mol. The molecule has 3 heterocycles. The quantitative estimate of drug-likeness (QED) is 0.434. The zero-order valence-electron chi connectivity index (χ0n) is 23.1. The fourth-order valence-corrected chi connectivity index (χ4v) is 8.77. The second-order valence-corrected chi connectivity index (χ2v) is 14.1. The number of sulfonamides is 1. The summed E-state index contributed by atoms with van der Waals surface area (Å²) in [6.07, 6.45) is 2.72. The Morgan fingerprint density at radius 1 is 1.27 bits per heavy atom. The Bertz CT molecular complexity index is 1510. The van der Waals surface area contributed by atoms with E-state index in [0.29, 0.717) is 46.1 Å². The van der Waals surface area contributed by atoms with Crippen LogP contribution in [0, 0.1) is 24.1 Å². The lowest BCUT2D eigenvalue weighted by Gasteiger charge is -2.44. The average Bonchev–Trinajstić information content (AvgIpc) is 3.46. The maximum absolute atomic E-state index is 14.0. The minimum Gasteiger partial charge on any atom is -0.481 e. The molecule has 1 saturated carbocycles. The second kappa shape index (κ2) is 11.3. The normalized spacial score (nSPS) is 25.7. The van der Waals surface area contributed by atoms with Crippen LogP contribution in [0.3, 0.4) is 0 Å². The molecule has 0 amide bonds. The molecule has 1 unspecified atom stereocenters. The third kappa shape index (κ3) is 5.54. The summed E-state index contributed by atoms with van der Waals surface area (Å²) in [5, 5.41) is 14.5. The molecule has 2 aliphatic heterocycles. The third-order valence-electron chi connectivity index (χ3n) is 8.25. The molecule has 1 aliphatic carbocycles. The van der Waals surface area contributed by atoms with Crippen LogP contribution in [0.15, 0.2) is 46.0 Å². The van der Waals surface area contributed by atoms with E-state index in [4.69, 9.17) is 9.73 Å². The molecule has 220 valence electrons. The summed E-state index contributed by atoms with van der Waals surface area (Å²) in [5.74, 6) is -1.64. The minimum absolute atomic E-state index is 0.0939. The van der Waals surface area contributed by atoms with E-state index in [0.717, 1.165) is 0 Å². The van der Waals surface area contributed by atoms with Crippen molar-refractivity contribution in [3.63, 3.8) is 0 Å².